The first kappa shape index (κ1) is 10.7. The second-order valence-electron chi connectivity index (χ2n) is 3.56. The standard InChI is InChI=1S/C12H14N2O2/c1-13-7-3-2-4-9-5-6-10-11(8-9)16-12(15)14-10/h2,4-6,8,13H,3,7H2,1H3,(H,14,15). The largest absolute Gasteiger partial charge is 0.417 e. The van der Waals surface area contributed by atoms with Crippen LogP contribution in [0.5, 0.6) is 0 Å². The van der Waals surface area contributed by atoms with E-state index in [4.69, 9.17) is 4.42 Å². The lowest BCUT2D eigenvalue weighted by atomic mass is 10.2. The summed E-state index contributed by atoms with van der Waals surface area (Å²) >= 11 is 0. The predicted molar refractivity (Wildman–Crippen MR) is 64.4 cm³/mol. The van der Waals surface area contributed by atoms with Crippen LogP contribution in [0.15, 0.2) is 33.5 Å². The highest BCUT2D eigenvalue weighted by molar-refractivity contribution is 5.75. The van der Waals surface area contributed by atoms with Crippen LogP contribution in [0.2, 0.25) is 0 Å². The normalized spacial score (nSPS) is 11.6. The van der Waals surface area contributed by atoms with Crippen molar-refractivity contribution in [3.63, 3.8) is 0 Å². The third kappa shape index (κ3) is 2.41. The average Bonchev–Trinajstić information content (AvgIpc) is 2.64. The van der Waals surface area contributed by atoms with Gasteiger partial charge >= 0.3 is 5.76 Å². The number of hydrogen-bond acceptors (Lipinski definition) is 3. The summed E-state index contributed by atoms with van der Waals surface area (Å²) in [5.41, 5.74) is 2.37. The molecule has 16 heavy (non-hydrogen) atoms. The molecule has 2 aromatic rings. The molecule has 0 saturated heterocycles. The van der Waals surface area contributed by atoms with Gasteiger partial charge < -0.3 is 9.73 Å². The maximum Gasteiger partial charge on any atom is 0.417 e. The molecule has 0 fully saturated rings. The molecule has 1 heterocycles. The Morgan fingerprint density at radius 1 is 1.50 bits per heavy atom. The van der Waals surface area contributed by atoms with Crippen LogP contribution in [-0.4, -0.2) is 18.6 Å². The molecular weight excluding hydrogens is 204 g/mol. The first-order chi connectivity index (χ1) is 7.79. The predicted octanol–water partition coefficient (Wildman–Crippen LogP) is 1.74. The second kappa shape index (κ2) is 4.81. The second-order valence-corrected chi connectivity index (χ2v) is 3.56. The van der Waals surface area contributed by atoms with E-state index in [0.29, 0.717) is 5.58 Å². The van der Waals surface area contributed by atoms with Crippen LogP contribution in [0.1, 0.15) is 12.0 Å². The molecule has 0 amide bonds. The molecule has 0 atom stereocenters. The molecule has 0 aliphatic rings. The molecule has 0 aliphatic carbocycles. The maximum atomic E-state index is 11.0. The summed E-state index contributed by atoms with van der Waals surface area (Å²) in [6.07, 6.45) is 5.08. The highest BCUT2D eigenvalue weighted by atomic mass is 16.4. The Bertz CT molecular complexity index is 551. The lowest BCUT2D eigenvalue weighted by Gasteiger charge is -1.94. The molecule has 1 aromatic heterocycles. The number of benzene rings is 1. The fraction of sp³-hybridized carbons (Fsp3) is 0.250. The first-order valence-corrected chi connectivity index (χ1v) is 5.23. The average molecular weight is 218 g/mol. The molecule has 0 saturated carbocycles. The van der Waals surface area contributed by atoms with Gasteiger partial charge in [-0.1, -0.05) is 18.2 Å². The zero-order valence-corrected chi connectivity index (χ0v) is 9.12. The van der Waals surface area contributed by atoms with Crippen LogP contribution < -0.4 is 11.1 Å². The summed E-state index contributed by atoms with van der Waals surface area (Å²) in [4.78, 5) is 13.6. The van der Waals surface area contributed by atoms with E-state index in [2.05, 4.69) is 16.4 Å². The van der Waals surface area contributed by atoms with E-state index in [1.807, 2.05) is 31.3 Å². The Hall–Kier alpha value is -1.81. The van der Waals surface area contributed by atoms with E-state index in [1.54, 1.807) is 0 Å². The van der Waals surface area contributed by atoms with E-state index in [1.165, 1.54) is 0 Å². The zero-order chi connectivity index (χ0) is 11.4. The van der Waals surface area contributed by atoms with Gasteiger partial charge in [0.05, 0.1) is 5.52 Å². The van der Waals surface area contributed by atoms with Gasteiger partial charge in [0.1, 0.15) is 0 Å². The number of nitrogens with one attached hydrogen (secondary N) is 2. The first-order valence-electron chi connectivity index (χ1n) is 5.23. The van der Waals surface area contributed by atoms with Crippen LogP contribution in [0.3, 0.4) is 0 Å². The smallest absolute Gasteiger partial charge is 0.408 e. The molecule has 2 rings (SSSR count). The summed E-state index contributed by atoms with van der Waals surface area (Å²) in [5.74, 6) is -0.411. The monoisotopic (exact) mass is 218 g/mol. The fourth-order valence-corrected chi connectivity index (χ4v) is 1.51. The van der Waals surface area contributed by atoms with Gasteiger partial charge in [0, 0.05) is 0 Å². The van der Waals surface area contributed by atoms with Crippen LogP contribution in [0.4, 0.5) is 0 Å². The Kier molecular flexibility index (Phi) is 3.22. The highest BCUT2D eigenvalue weighted by Crippen LogP contribution is 2.13. The molecule has 4 heteroatoms. The van der Waals surface area contributed by atoms with E-state index in [-0.39, 0.29) is 0 Å². The minimum absolute atomic E-state index is 0.411. The van der Waals surface area contributed by atoms with Crippen LogP contribution in [0, 0.1) is 0 Å². The molecule has 0 radical (unpaired) electrons. The molecular formula is C12H14N2O2. The van der Waals surface area contributed by atoms with Crippen molar-refractivity contribution in [1.29, 1.82) is 0 Å². The van der Waals surface area contributed by atoms with E-state index >= 15 is 0 Å². The maximum absolute atomic E-state index is 11.0. The number of fused-ring (bicyclic) bond motifs is 1. The van der Waals surface area contributed by atoms with E-state index < -0.39 is 5.76 Å². The number of H-pyrrole nitrogens is 1. The lowest BCUT2D eigenvalue weighted by molar-refractivity contribution is 0.555. The SMILES string of the molecule is CNCCC=Cc1ccc2[nH]c(=O)oc2c1. The molecule has 2 N–H and O–H groups in total. The van der Waals surface area contributed by atoms with E-state index in [9.17, 15) is 4.79 Å². The summed E-state index contributed by atoms with van der Waals surface area (Å²) in [6.45, 7) is 0.956. The van der Waals surface area contributed by atoms with Crippen LogP contribution in [0.25, 0.3) is 17.2 Å². The number of aromatic amines is 1. The molecule has 4 nitrogen and oxygen atoms in total. The molecule has 84 valence electrons. The van der Waals surface area contributed by atoms with Gasteiger partial charge in [0.15, 0.2) is 5.58 Å². The number of rotatable bonds is 4. The van der Waals surface area contributed by atoms with Gasteiger partial charge in [-0.05, 0) is 37.7 Å². The van der Waals surface area contributed by atoms with Crippen molar-refractivity contribution in [2.45, 2.75) is 6.42 Å². The van der Waals surface area contributed by atoms with Crippen LogP contribution >= 0.6 is 0 Å². The Balaban J connectivity index is 2.19. The minimum atomic E-state index is -0.411. The summed E-state index contributed by atoms with van der Waals surface area (Å²) < 4.78 is 4.98. The minimum Gasteiger partial charge on any atom is -0.408 e. The number of oxazole rings is 1. The molecule has 0 bridgehead atoms. The van der Waals surface area contributed by atoms with Crippen molar-refractivity contribution in [3.8, 4) is 0 Å². The molecule has 0 unspecified atom stereocenters. The van der Waals surface area contributed by atoms with Crippen molar-refractivity contribution in [2.24, 2.45) is 0 Å². The zero-order valence-electron chi connectivity index (χ0n) is 9.12. The van der Waals surface area contributed by atoms with Crippen molar-refractivity contribution >= 4 is 17.2 Å². The summed E-state index contributed by atoms with van der Waals surface area (Å²) in [5, 5.41) is 3.07. The Morgan fingerprint density at radius 2 is 2.38 bits per heavy atom. The topological polar surface area (TPSA) is 58.0 Å². The number of aromatic nitrogens is 1. The number of hydrogen-bond donors (Lipinski definition) is 2. The van der Waals surface area contributed by atoms with Gasteiger partial charge in [0.2, 0.25) is 0 Å². The highest BCUT2D eigenvalue weighted by Gasteiger charge is 1.99. The van der Waals surface area contributed by atoms with Crippen molar-refractivity contribution in [1.82, 2.24) is 10.3 Å². The van der Waals surface area contributed by atoms with Crippen molar-refractivity contribution in [3.05, 3.63) is 40.4 Å². The van der Waals surface area contributed by atoms with Crippen molar-refractivity contribution in [2.75, 3.05) is 13.6 Å². The third-order valence-electron chi connectivity index (χ3n) is 2.32. The van der Waals surface area contributed by atoms with E-state index in [0.717, 1.165) is 24.0 Å². The van der Waals surface area contributed by atoms with Gasteiger partial charge in [-0.2, -0.15) is 0 Å². The molecule has 0 spiro atoms. The van der Waals surface area contributed by atoms with Gasteiger partial charge in [-0.15, -0.1) is 0 Å². The van der Waals surface area contributed by atoms with Gasteiger partial charge in [-0.25, -0.2) is 4.79 Å². The summed E-state index contributed by atoms with van der Waals surface area (Å²) in [7, 11) is 1.92. The third-order valence-corrected chi connectivity index (χ3v) is 2.32. The van der Waals surface area contributed by atoms with Gasteiger partial charge in [0.25, 0.3) is 0 Å². The lowest BCUT2D eigenvalue weighted by Crippen LogP contribution is -2.05. The fourth-order valence-electron chi connectivity index (χ4n) is 1.51. The molecule has 0 aliphatic heterocycles. The van der Waals surface area contributed by atoms with Crippen molar-refractivity contribution < 1.29 is 4.42 Å². The molecule has 1 aromatic carbocycles. The van der Waals surface area contributed by atoms with Gasteiger partial charge in [-0.3, -0.25) is 4.98 Å². The Labute approximate surface area is 93.0 Å². The summed E-state index contributed by atoms with van der Waals surface area (Å²) in [6, 6.07) is 5.64. The van der Waals surface area contributed by atoms with Crippen LogP contribution in [-0.2, 0) is 0 Å². The quantitative estimate of drug-likeness (QED) is 0.768. The Morgan fingerprint density at radius 3 is 3.19 bits per heavy atom.